The fourth-order valence-corrected chi connectivity index (χ4v) is 3.29. The zero-order chi connectivity index (χ0) is 15.0. The van der Waals surface area contributed by atoms with Crippen molar-refractivity contribution in [3.63, 3.8) is 0 Å². The van der Waals surface area contributed by atoms with Gasteiger partial charge in [0, 0.05) is 16.9 Å². The van der Waals surface area contributed by atoms with Crippen molar-refractivity contribution < 1.29 is 0 Å². The summed E-state index contributed by atoms with van der Waals surface area (Å²) in [5, 5.41) is 12.3. The van der Waals surface area contributed by atoms with Gasteiger partial charge in [-0.1, -0.05) is 26.7 Å². The zero-order valence-corrected chi connectivity index (χ0v) is 12.6. The molecule has 1 aromatic heterocycles. The number of hydrogen-bond donors (Lipinski definition) is 2. The number of rotatable bonds is 2. The lowest BCUT2D eigenvalue weighted by Crippen LogP contribution is -2.31. The first-order chi connectivity index (χ1) is 9.99. The quantitative estimate of drug-likeness (QED) is 0.827. The molecule has 21 heavy (non-hydrogen) atoms. The van der Waals surface area contributed by atoms with Crippen molar-refractivity contribution in [2.75, 3.05) is 11.5 Å². The zero-order valence-electron chi connectivity index (χ0n) is 12.6. The first-order valence-corrected chi connectivity index (χ1v) is 7.42. The number of anilines is 2. The maximum absolute atomic E-state index is 6.09. The molecule has 0 radical (unpaired) electrons. The van der Waals surface area contributed by atoms with E-state index in [2.05, 4.69) is 29.4 Å². The van der Waals surface area contributed by atoms with Crippen LogP contribution in [0.5, 0.6) is 0 Å². The third kappa shape index (κ3) is 2.46. The number of nitrogen functional groups attached to an aromatic ring is 2. The molecule has 1 aliphatic rings. The summed E-state index contributed by atoms with van der Waals surface area (Å²) in [6.07, 6.45) is 4.77. The van der Waals surface area contributed by atoms with Gasteiger partial charge in [0.05, 0.1) is 6.04 Å². The Balaban J connectivity index is 2.05. The van der Waals surface area contributed by atoms with Gasteiger partial charge in [-0.05, 0) is 46.9 Å². The molecule has 1 fully saturated rings. The highest BCUT2D eigenvalue weighted by atomic mass is 15.6. The van der Waals surface area contributed by atoms with Gasteiger partial charge >= 0.3 is 0 Å². The Labute approximate surface area is 124 Å². The van der Waals surface area contributed by atoms with Crippen LogP contribution in [0.1, 0.15) is 45.6 Å². The monoisotopic (exact) mass is 286 g/mol. The van der Waals surface area contributed by atoms with Crippen molar-refractivity contribution >= 4 is 11.4 Å². The standard InChI is InChI=1S/C15H22N6/c1-15(2)8-4-3-5-13(15)21-14(18-19-20-21)11-7-6-10(16)9-12(11)17/h6-7,9,13H,3-5,8,16-17H2,1-2H3. The topological polar surface area (TPSA) is 95.6 Å². The Bertz CT molecular complexity index is 645. The minimum absolute atomic E-state index is 0.185. The highest BCUT2D eigenvalue weighted by molar-refractivity contribution is 5.74. The van der Waals surface area contributed by atoms with Gasteiger partial charge in [-0.3, -0.25) is 0 Å². The van der Waals surface area contributed by atoms with E-state index in [0.717, 1.165) is 17.8 Å². The van der Waals surface area contributed by atoms with Crippen LogP contribution in [0, 0.1) is 5.41 Å². The van der Waals surface area contributed by atoms with E-state index < -0.39 is 0 Å². The molecule has 1 heterocycles. The molecule has 1 aromatic carbocycles. The Morgan fingerprint density at radius 3 is 2.76 bits per heavy atom. The van der Waals surface area contributed by atoms with Gasteiger partial charge in [0.25, 0.3) is 0 Å². The normalized spacial score (nSPS) is 21.3. The molecular formula is C15H22N6. The van der Waals surface area contributed by atoms with E-state index >= 15 is 0 Å². The Kier molecular flexibility index (Phi) is 3.31. The number of nitrogens with two attached hydrogens (primary N) is 2. The minimum Gasteiger partial charge on any atom is -0.399 e. The SMILES string of the molecule is CC1(C)CCCCC1n1nnnc1-c1ccc(N)cc1N. The van der Waals surface area contributed by atoms with Crippen LogP contribution in [0.15, 0.2) is 18.2 Å². The number of hydrogen-bond acceptors (Lipinski definition) is 5. The van der Waals surface area contributed by atoms with E-state index in [4.69, 9.17) is 11.5 Å². The molecule has 1 unspecified atom stereocenters. The number of tetrazole rings is 1. The van der Waals surface area contributed by atoms with Crippen LogP contribution in [-0.4, -0.2) is 20.2 Å². The molecule has 1 atom stereocenters. The van der Waals surface area contributed by atoms with Gasteiger partial charge in [-0.2, -0.15) is 0 Å². The average Bonchev–Trinajstić information content (AvgIpc) is 2.87. The Morgan fingerprint density at radius 1 is 1.24 bits per heavy atom. The predicted molar refractivity (Wildman–Crippen MR) is 83.4 cm³/mol. The van der Waals surface area contributed by atoms with Gasteiger partial charge in [-0.25, -0.2) is 4.68 Å². The lowest BCUT2D eigenvalue weighted by Gasteiger charge is -2.38. The molecule has 1 saturated carbocycles. The molecule has 0 bridgehead atoms. The van der Waals surface area contributed by atoms with Crippen LogP contribution in [-0.2, 0) is 0 Å². The first kappa shape index (κ1) is 13.9. The molecule has 0 saturated heterocycles. The van der Waals surface area contributed by atoms with E-state index in [1.54, 1.807) is 6.07 Å². The summed E-state index contributed by atoms with van der Waals surface area (Å²) in [7, 11) is 0. The van der Waals surface area contributed by atoms with E-state index in [-0.39, 0.29) is 5.41 Å². The van der Waals surface area contributed by atoms with E-state index in [1.165, 1.54) is 19.3 Å². The maximum Gasteiger partial charge on any atom is 0.184 e. The van der Waals surface area contributed by atoms with Crippen molar-refractivity contribution in [1.29, 1.82) is 0 Å². The van der Waals surface area contributed by atoms with Gasteiger partial charge in [0.2, 0.25) is 0 Å². The summed E-state index contributed by atoms with van der Waals surface area (Å²) < 4.78 is 1.95. The van der Waals surface area contributed by atoms with E-state index in [9.17, 15) is 0 Å². The fourth-order valence-electron chi connectivity index (χ4n) is 3.29. The maximum atomic E-state index is 6.09. The van der Waals surface area contributed by atoms with Crippen LogP contribution in [0.2, 0.25) is 0 Å². The number of nitrogens with zero attached hydrogens (tertiary/aromatic N) is 4. The molecule has 1 aliphatic carbocycles. The minimum atomic E-state index is 0.185. The van der Waals surface area contributed by atoms with Crippen molar-refractivity contribution in [1.82, 2.24) is 20.2 Å². The molecule has 6 heteroatoms. The fraction of sp³-hybridized carbons (Fsp3) is 0.533. The molecule has 3 rings (SSSR count). The summed E-state index contributed by atoms with van der Waals surface area (Å²) >= 11 is 0. The second-order valence-corrected chi connectivity index (χ2v) is 6.54. The third-order valence-corrected chi connectivity index (χ3v) is 4.56. The second-order valence-electron chi connectivity index (χ2n) is 6.54. The average molecular weight is 286 g/mol. The molecule has 112 valence electrons. The summed E-state index contributed by atoms with van der Waals surface area (Å²) in [5.41, 5.74) is 14.1. The third-order valence-electron chi connectivity index (χ3n) is 4.56. The van der Waals surface area contributed by atoms with Gasteiger partial charge in [0.1, 0.15) is 0 Å². The molecule has 4 N–H and O–H groups in total. The number of benzene rings is 1. The summed E-state index contributed by atoms with van der Waals surface area (Å²) in [6, 6.07) is 5.77. The highest BCUT2D eigenvalue weighted by Gasteiger charge is 2.36. The second kappa shape index (κ2) is 5.02. The predicted octanol–water partition coefficient (Wildman–Crippen LogP) is 2.65. The van der Waals surface area contributed by atoms with Crippen LogP contribution < -0.4 is 11.5 Å². The van der Waals surface area contributed by atoms with E-state index in [1.807, 2.05) is 16.8 Å². The van der Waals surface area contributed by atoms with Crippen LogP contribution in [0.25, 0.3) is 11.4 Å². The van der Waals surface area contributed by atoms with Gasteiger partial charge in [-0.15, -0.1) is 5.10 Å². The Morgan fingerprint density at radius 2 is 2.05 bits per heavy atom. The van der Waals surface area contributed by atoms with Gasteiger partial charge < -0.3 is 11.5 Å². The largest absolute Gasteiger partial charge is 0.399 e. The van der Waals surface area contributed by atoms with Crippen molar-refractivity contribution in [2.24, 2.45) is 5.41 Å². The molecule has 6 nitrogen and oxygen atoms in total. The summed E-state index contributed by atoms with van der Waals surface area (Å²) in [5.74, 6) is 0.729. The van der Waals surface area contributed by atoms with Crippen molar-refractivity contribution in [3.05, 3.63) is 18.2 Å². The molecular weight excluding hydrogens is 264 g/mol. The Hall–Kier alpha value is -2.11. The molecule has 0 aliphatic heterocycles. The lowest BCUT2D eigenvalue weighted by molar-refractivity contribution is 0.132. The van der Waals surface area contributed by atoms with Crippen LogP contribution in [0.4, 0.5) is 11.4 Å². The van der Waals surface area contributed by atoms with Crippen LogP contribution >= 0.6 is 0 Å². The lowest BCUT2D eigenvalue weighted by atomic mass is 9.73. The van der Waals surface area contributed by atoms with Gasteiger partial charge in [0.15, 0.2) is 5.82 Å². The van der Waals surface area contributed by atoms with Crippen molar-refractivity contribution in [3.8, 4) is 11.4 Å². The molecule has 0 amide bonds. The highest BCUT2D eigenvalue weighted by Crippen LogP contribution is 2.44. The van der Waals surface area contributed by atoms with E-state index in [0.29, 0.717) is 17.4 Å². The smallest absolute Gasteiger partial charge is 0.184 e. The number of aromatic nitrogens is 4. The summed E-state index contributed by atoms with van der Waals surface area (Å²) in [6.45, 7) is 4.57. The molecule has 2 aromatic rings. The molecule has 0 spiro atoms. The van der Waals surface area contributed by atoms with Crippen LogP contribution in [0.3, 0.4) is 0 Å². The first-order valence-electron chi connectivity index (χ1n) is 7.42. The summed E-state index contributed by atoms with van der Waals surface area (Å²) in [4.78, 5) is 0. The van der Waals surface area contributed by atoms with Crippen molar-refractivity contribution in [2.45, 2.75) is 45.6 Å².